The first-order valence-electron chi connectivity index (χ1n) is 15.2. The van der Waals surface area contributed by atoms with Gasteiger partial charge in [-0.25, -0.2) is 30.7 Å². The fraction of sp³-hybridized carbons (Fsp3) is 0.438. The Balaban J connectivity index is 1.54. The van der Waals surface area contributed by atoms with Crippen molar-refractivity contribution >= 4 is 34.8 Å². The van der Waals surface area contributed by atoms with Gasteiger partial charge in [0, 0.05) is 52.4 Å². The molecule has 2 N–H and O–H groups in total. The zero-order valence-electron chi connectivity index (χ0n) is 25.2. The number of allylic oxidation sites excluding steroid dienone is 1. The molecular weight excluding hydrogens is 637 g/mol. The topological polar surface area (TPSA) is 87.6 Å². The van der Waals surface area contributed by atoms with E-state index in [0.717, 1.165) is 11.0 Å². The van der Waals surface area contributed by atoms with Crippen LogP contribution in [0.3, 0.4) is 0 Å². The number of amides is 1. The molecule has 0 spiro atoms. The van der Waals surface area contributed by atoms with Crippen LogP contribution in [0.4, 0.5) is 47.8 Å². The molecule has 3 aliphatic rings. The summed E-state index contributed by atoms with van der Waals surface area (Å²) in [5.74, 6) is -13.8. The van der Waals surface area contributed by atoms with Gasteiger partial charge in [-0.15, -0.1) is 0 Å². The molecule has 5 rings (SSSR count). The Labute approximate surface area is 266 Å². The maximum absolute atomic E-state index is 16.3. The number of aliphatic hydroxyl groups is 2. The molecule has 2 aromatic carbocycles. The van der Waals surface area contributed by atoms with Crippen molar-refractivity contribution in [3.05, 3.63) is 70.6 Å². The zero-order chi connectivity index (χ0) is 34.2. The van der Waals surface area contributed by atoms with Gasteiger partial charge in [0.15, 0.2) is 46.5 Å². The van der Waals surface area contributed by atoms with Crippen molar-refractivity contribution in [1.29, 1.82) is 0 Å². The summed E-state index contributed by atoms with van der Waals surface area (Å²) < 4.78 is 108. The van der Waals surface area contributed by atoms with E-state index in [9.17, 15) is 19.8 Å². The van der Waals surface area contributed by atoms with E-state index in [0.29, 0.717) is 12.2 Å². The molecule has 0 aliphatic carbocycles. The summed E-state index contributed by atoms with van der Waals surface area (Å²) in [5.41, 5.74) is -4.84. The highest BCUT2D eigenvalue weighted by Crippen LogP contribution is 2.40. The lowest BCUT2D eigenvalue weighted by Crippen LogP contribution is -2.49. The molecule has 1 amide bonds. The van der Waals surface area contributed by atoms with Crippen LogP contribution in [0, 0.1) is 40.7 Å². The summed E-state index contributed by atoms with van der Waals surface area (Å²) >= 11 is 0. The van der Waals surface area contributed by atoms with Gasteiger partial charge in [-0.2, -0.15) is 0 Å². The molecule has 47 heavy (non-hydrogen) atoms. The maximum atomic E-state index is 16.3. The fourth-order valence-electron chi connectivity index (χ4n) is 6.20. The Kier molecular flexibility index (Phi) is 10.2. The minimum atomic E-state index is -1.85. The van der Waals surface area contributed by atoms with Crippen LogP contribution in [0.5, 0.6) is 0 Å². The van der Waals surface area contributed by atoms with Crippen LogP contribution >= 0.6 is 0 Å². The predicted molar refractivity (Wildman–Crippen MR) is 160 cm³/mol. The minimum absolute atomic E-state index is 0.00923. The molecule has 3 fully saturated rings. The summed E-state index contributed by atoms with van der Waals surface area (Å²) in [6, 6.07) is 0. The zero-order valence-corrected chi connectivity index (χ0v) is 25.2. The molecule has 3 saturated heterocycles. The van der Waals surface area contributed by atoms with Crippen molar-refractivity contribution in [2.45, 2.75) is 37.9 Å². The summed E-state index contributed by atoms with van der Waals surface area (Å²) in [6.07, 6.45) is 0.851. The largest absolute Gasteiger partial charge is 0.393 e. The third-order valence-corrected chi connectivity index (χ3v) is 8.84. The standard InChI is InChI=1S/C32H33F7N4O4/c1-2-21(47)40-13-15-43(16-14-40)30-22(25(35)28(38)32(29(30)39)42-11-7-18(45)8-12-42)20(46)4-3-19-23(33)26(36)31(27(37)24(19)34)41-9-5-17(44)6-10-41/h2-4,17-18,44-45H,1,5-16H2. The van der Waals surface area contributed by atoms with Crippen LogP contribution in [-0.2, 0) is 4.79 Å². The fourth-order valence-corrected chi connectivity index (χ4v) is 6.20. The molecule has 3 aliphatic heterocycles. The lowest BCUT2D eigenvalue weighted by atomic mass is 10.00. The number of nitrogens with zero attached hydrogens (tertiary/aromatic N) is 4. The van der Waals surface area contributed by atoms with Crippen LogP contribution in [0.1, 0.15) is 41.6 Å². The Hall–Kier alpha value is -4.11. The van der Waals surface area contributed by atoms with Crippen LogP contribution in [0.2, 0.25) is 0 Å². The van der Waals surface area contributed by atoms with E-state index in [2.05, 4.69) is 6.58 Å². The first kappa shape index (κ1) is 34.2. The number of piperazine rings is 1. The van der Waals surface area contributed by atoms with Gasteiger partial charge >= 0.3 is 0 Å². The normalized spacial score (nSPS) is 18.4. The molecule has 15 heteroatoms. The molecule has 0 atom stereocenters. The Morgan fingerprint density at radius 1 is 0.596 bits per heavy atom. The molecular formula is C32H33F7N4O4. The monoisotopic (exact) mass is 670 g/mol. The van der Waals surface area contributed by atoms with Gasteiger partial charge in [-0.3, -0.25) is 9.59 Å². The first-order valence-corrected chi connectivity index (χ1v) is 15.2. The molecule has 2 aromatic rings. The van der Waals surface area contributed by atoms with Crippen molar-refractivity contribution in [3.63, 3.8) is 0 Å². The third kappa shape index (κ3) is 6.55. The number of rotatable bonds is 7. The number of benzene rings is 2. The van der Waals surface area contributed by atoms with Crippen LogP contribution in [0.25, 0.3) is 6.08 Å². The maximum Gasteiger partial charge on any atom is 0.246 e. The molecule has 8 nitrogen and oxygen atoms in total. The summed E-state index contributed by atoms with van der Waals surface area (Å²) in [4.78, 5) is 30.3. The smallest absolute Gasteiger partial charge is 0.246 e. The number of carbonyl (C=O) groups excluding carboxylic acids is 2. The van der Waals surface area contributed by atoms with E-state index in [1.807, 2.05) is 0 Å². The number of ketones is 1. The quantitative estimate of drug-likeness (QED) is 0.197. The Morgan fingerprint density at radius 2 is 1.02 bits per heavy atom. The van der Waals surface area contributed by atoms with E-state index in [4.69, 9.17) is 0 Å². The van der Waals surface area contributed by atoms with Crippen LogP contribution in [-0.4, -0.2) is 91.4 Å². The van der Waals surface area contributed by atoms with E-state index in [-0.39, 0.29) is 78.0 Å². The van der Waals surface area contributed by atoms with E-state index < -0.39 is 92.8 Å². The van der Waals surface area contributed by atoms with Crippen LogP contribution < -0.4 is 14.7 Å². The molecule has 0 aromatic heterocycles. The second-order valence-corrected chi connectivity index (χ2v) is 11.7. The molecule has 0 unspecified atom stereocenters. The Morgan fingerprint density at radius 3 is 1.49 bits per heavy atom. The third-order valence-electron chi connectivity index (χ3n) is 8.84. The second-order valence-electron chi connectivity index (χ2n) is 11.7. The van der Waals surface area contributed by atoms with Gasteiger partial charge in [-0.1, -0.05) is 6.58 Å². The number of hydrogen-bond donors (Lipinski definition) is 2. The number of carbonyl (C=O) groups is 2. The number of halogens is 7. The van der Waals surface area contributed by atoms with E-state index in [1.54, 1.807) is 0 Å². The van der Waals surface area contributed by atoms with Crippen molar-refractivity contribution in [1.82, 2.24) is 4.90 Å². The van der Waals surface area contributed by atoms with Crippen molar-refractivity contribution < 1.29 is 50.5 Å². The van der Waals surface area contributed by atoms with E-state index >= 15 is 30.7 Å². The van der Waals surface area contributed by atoms with Gasteiger partial charge in [0.1, 0.15) is 11.4 Å². The van der Waals surface area contributed by atoms with E-state index in [1.165, 1.54) is 14.7 Å². The van der Waals surface area contributed by atoms with Gasteiger partial charge in [-0.05, 0) is 43.9 Å². The molecule has 0 saturated carbocycles. The van der Waals surface area contributed by atoms with Gasteiger partial charge in [0.05, 0.1) is 29.0 Å². The number of hydrogen-bond acceptors (Lipinski definition) is 7. The summed E-state index contributed by atoms with van der Waals surface area (Å²) in [6.45, 7) is 3.00. The highest BCUT2D eigenvalue weighted by Gasteiger charge is 2.36. The molecule has 0 radical (unpaired) electrons. The number of anilines is 3. The average molecular weight is 671 g/mol. The number of piperidine rings is 2. The van der Waals surface area contributed by atoms with Crippen molar-refractivity contribution in [2.24, 2.45) is 0 Å². The highest BCUT2D eigenvalue weighted by atomic mass is 19.2. The van der Waals surface area contributed by atoms with Crippen LogP contribution in [0.15, 0.2) is 18.7 Å². The predicted octanol–water partition coefficient (Wildman–Crippen LogP) is 4.31. The average Bonchev–Trinajstić information content (AvgIpc) is 3.06. The summed E-state index contributed by atoms with van der Waals surface area (Å²) in [5, 5.41) is 19.5. The Bertz CT molecular complexity index is 1570. The first-order chi connectivity index (χ1) is 22.3. The molecule has 3 heterocycles. The second kappa shape index (κ2) is 13.9. The molecule has 254 valence electrons. The van der Waals surface area contributed by atoms with Gasteiger partial charge < -0.3 is 29.8 Å². The minimum Gasteiger partial charge on any atom is -0.393 e. The van der Waals surface area contributed by atoms with Gasteiger partial charge in [0.2, 0.25) is 5.91 Å². The lowest BCUT2D eigenvalue weighted by Gasteiger charge is -2.38. The van der Waals surface area contributed by atoms with Crippen molar-refractivity contribution in [2.75, 3.05) is 67.1 Å². The molecule has 0 bridgehead atoms. The lowest BCUT2D eigenvalue weighted by molar-refractivity contribution is -0.126. The SMILES string of the molecule is C=CC(=O)N1CCN(c2c(F)c(N3CCC(O)CC3)c(F)c(F)c2C(=O)C=Cc2c(F)c(F)c(N3CCC(O)CC3)c(F)c2F)CC1. The number of aliphatic hydroxyl groups excluding tert-OH is 2. The summed E-state index contributed by atoms with van der Waals surface area (Å²) in [7, 11) is 0. The highest BCUT2D eigenvalue weighted by molar-refractivity contribution is 6.11. The van der Waals surface area contributed by atoms with Crippen molar-refractivity contribution in [3.8, 4) is 0 Å². The van der Waals surface area contributed by atoms with Gasteiger partial charge in [0.25, 0.3) is 0 Å².